The van der Waals surface area contributed by atoms with Gasteiger partial charge in [0.25, 0.3) is 0 Å². The molecule has 3 nitrogen and oxygen atoms in total. The first-order chi connectivity index (χ1) is 6.45. The van der Waals surface area contributed by atoms with Crippen molar-refractivity contribution >= 4 is 0 Å². The van der Waals surface area contributed by atoms with Crippen molar-refractivity contribution in [1.82, 2.24) is 10.6 Å². The van der Waals surface area contributed by atoms with Crippen molar-refractivity contribution in [3.8, 4) is 0 Å². The van der Waals surface area contributed by atoms with Crippen LogP contribution in [-0.4, -0.2) is 38.9 Å². The Balaban J connectivity index is 1.46. The summed E-state index contributed by atoms with van der Waals surface area (Å²) in [5.74, 6) is 1.04. The van der Waals surface area contributed by atoms with Crippen molar-refractivity contribution in [2.24, 2.45) is 5.92 Å². The Morgan fingerprint density at radius 3 is 3.00 bits per heavy atom. The van der Waals surface area contributed by atoms with Crippen LogP contribution in [0.3, 0.4) is 0 Å². The summed E-state index contributed by atoms with van der Waals surface area (Å²) >= 11 is 0. The molecule has 1 heterocycles. The fourth-order valence-electron chi connectivity index (χ4n) is 1.73. The first-order valence-electron chi connectivity index (χ1n) is 5.48. The molecule has 1 saturated heterocycles. The molecule has 0 amide bonds. The lowest BCUT2D eigenvalue weighted by Crippen LogP contribution is -2.44. The minimum atomic E-state index is 0.396. The largest absolute Gasteiger partial charge is 0.374 e. The highest BCUT2D eigenvalue weighted by Crippen LogP contribution is 2.31. The van der Waals surface area contributed by atoms with E-state index in [1.54, 1.807) is 0 Å². The molecular formula is C10H20N2O. The Labute approximate surface area is 80.2 Å². The molecule has 0 aromatic carbocycles. The molecule has 0 aromatic heterocycles. The van der Waals surface area contributed by atoms with Crippen LogP contribution < -0.4 is 10.6 Å². The molecule has 2 fully saturated rings. The molecule has 0 radical (unpaired) electrons. The molecule has 0 aromatic rings. The summed E-state index contributed by atoms with van der Waals surface area (Å²) in [6, 6.07) is 0. The Kier molecular flexibility index (Phi) is 3.58. The number of ether oxygens (including phenoxy) is 1. The van der Waals surface area contributed by atoms with Crippen LogP contribution >= 0.6 is 0 Å². The van der Waals surface area contributed by atoms with Crippen molar-refractivity contribution in [3.63, 3.8) is 0 Å². The van der Waals surface area contributed by atoms with Gasteiger partial charge in [0.1, 0.15) is 0 Å². The lowest BCUT2D eigenvalue weighted by atomic mass is 10.2. The highest BCUT2D eigenvalue weighted by atomic mass is 16.5. The summed E-state index contributed by atoms with van der Waals surface area (Å²) < 4.78 is 5.58. The molecule has 13 heavy (non-hydrogen) atoms. The van der Waals surface area contributed by atoms with Crippen LogP contribution in [0.25, 0.3) is 0 Å². The van der Waals surface area contributed by atoms with E-state index in [0.717, 1.165) is 32.2 Å². The second-order valence-corrected chi connectivity index (χ2v) is 4.13. The standard InChI is InChI=1S/C10H20N2O/c1-2-9(1)3-4-11-7-10-8-12-5-6-13-10/h9-12H,1-8H2. The Morgan fingerprint density at radius 2 is 2.31 bits per heavy atom. The minimum absolute atomic E-state index is 0.396. The fraction of sp³-hybridized carbons (Fsp3) is 1.00. The number of rotatable bonds is 5. The predicted octanol–water partition coefficient (Wildman–Crippen LogP) is 0.364. The molecule has 1 atom stereocenters. The molecule has 2 N–H and O–H groups in total. The average Bonchev–Trinajstić information content (AvgIpc) is 2.98. The quantitative estimate of drug-likeness (QED) is 0.605. The summed E-state index contributed by atoms with van der Waals surface area (Å²) in [7, 11) is 0. The summed E-state index contributed by atoms with van der Waals surface area (Å²) in [5, 5.41) is 6.79. The zero-order valence-electron chi connectivity index (χ0n) is 8.22. The van der Waals surface area contributed by atoms with Crippen LogP contribution in [0.2, 0.25) is 0 Å². The van der Waals surface area contributed by atoms with Gasteiger partial charge in [-0.1, -0.05) is 12.8 Å². The lowest BCUT2D eigenvalue weighted by Gasteiger charge is -2.23. The van der Waals surface area contributed by atoms with Crippen LogP contribution in [0.5, 0.6) is 0 Å². The van der Waals surface area contributed by atoms with Gasteiger partial charge >= 0.3 is 0 Å². The first kappa shape index (κ1) is 9.44. The van der Waals surface area contributed by atoms with E-state index in [4.69, 9.17) is 4.74 Å². The van der Waals surface area contributed by atoms with Gasteiger partial charge in [0.2, 0.25) is 0 Å². The van der Waals surface area contributed by atoms with E-state index < -0.39 is 0 Å². The zero-order chi connectivity index (χ0) is 8.93. The molecule has 3 heteroatoms. The van der Waals surface area contributed by atoms with E-state index in [1.165, 1.54) is 25.8 Å². The van der Waals surface area contributed by atoms with Crippen LogP contribution in [-0.2, 0) is 4.74 Å². The predicted molar refractivity (Wildman–Crippen MR) is 52.8 cm³/mol. The van der Waals surface area contributed by atoms with Gasteiger partial charge in [-0.2, -0.15) is 0 Å². The third-order valence-corrected chi connectivity index (χ3v) is 2.80. The zero-order valence-corrected chi connectivity index (χ0v) is 8.22. The van der Waals surface area contributed by atoms with E-state index in [0.29, 0.717) is 6.10 Å². The van der Waals surface area contributed by atoms with E-state index in [-0.39, 0.29) is 0 Å². The van der Waals surface area contributed by atoms with Crippen LogP contribution in [0.4, 0.5) is 0 Å². The van der Waals surface area contributed by atoms with Crippen molar-refractivity contribution in [2.75, 3.05) is 32.8 Å². The molecule has 1 saturated carbocycles. The van der Waals surface area contributed by atoms with Crippen LogP contribution in [0.15, 0.2) is 0 Å². The maximum Gasteiger partial charge on any atom is 0.0824 e. The molecule has 1 aliphatic carbocycles. The lowest BCUT2D eigenvalue weighted by molar-refractivity contribution is 0.0293. The highest BCUT2D eigenvalue weighted by Gasteiger charge is 2.20. The van der Waals surface area contributed by atoms with E-state index in [1.807, 2.05) is 0 Å². The smallest absolute Gasteiger partial charge is 0.0824 e. The van der Waals surface area contributed by atoms with E-state index in [9.17, 15) is 0 Å². The number of morpholine rings is 1. The second-order valence-electron chi connectivity index (χ2n) is 4.13. The Bertz CT molecular complexity index is 142. The maximum absolute atomic E-state index is 5.58. The van der Waals surface area contributed by atoms with Crippen molar-refractivity contribution in [3.05, 3.63) is 0 Å². The molecule has 0 bridgehead atoms. The molecular weight excluding hydrogens is 164 g/mol. The molecule has 1 aliphatic heterocycles. The summed E-state index contributed by atoms with van der Waals surface area (Å²) in [4.78, 5) is 0. The molecule has 1 unspecified atom stereocenters. The van der Waals surface area contributed by atoms with Gasteiger partial charge < -0.3 is 15.4 Å². The van der Waals surface area contributed by atoms with Gasteiger partial charge in [0.15, 0.2) is 0 Å². The molecule has 2 aliphatic rings. The average molecular weight is 184 g/mol. The van der Waals surface area contributed by atoms with Gasteiger partial charge in [-0.25, -0.2) is 0 Å². The first-order valence-corrected chi connectivity index (χ1v) is 5.48. The van der Waals surface area contributed by atoms with Gasteiger partial charge in [-0.3, -0.25) is 0 Å². The summed E-state index contributed by atoms with van der Waals surface area (Å²) in [6.07, 6.45) is 4.68. The van der Waals surface area contributed by atoms with Crippen LogP contribution in [0.1, 0.15) is 19.3 Å². The monoisotopic (exact) mass is 184 g/mol. The second kappa shape index (κ2) is 4.94. The Morgan fingerprint density at radius 1 is 1.38 bits per heavy atom. The molecule has 0 spiro atoms. The van der Waals surface area contributed by atoms with E-state index in [2.05, 4.69) is 10.6 Å². The van der Waals surface area contributed by atoms with Crippen LogP contribution in [0, 0.1) is 5.92 Å². The van der Waals surface area contributed by atoms with E-state index >= 15 is 0 Å². The number of hydrogen-bond acceptors (Lipinski definition) is 3. The summed E-state index contributed by atoms with van der Waals surface area (Å²) in [6.45, 7) is 5.08. The molecule has 76 valence electrons. The normalized spacial score (nSPS) is 29.1. The fourth-order valence-corrected chi connectivity index (χ4v) is 1.73. The highest BCUT2D eigenvalue weighted by molar-refractivity contribution is 4.75. The molecule has 2 rings (SSSR count). The maximum atomic E-state index is 5.58. The summed E-state index contributed by atoms with van der Waals surface area (Å²) in [5.41, 5.74) is 0. The van der Waals surface area contributed by atoms with Gasteiger partial charge in [0.05, 0.1) is 12.7 Å². The minimum Gasteiger partial charge on any atom is -0.374 e. The third-order valence-electron chi connectivity index (χ3n) is 2.80. The SMILES string of the molecule is C1COC(CNCCC2CC2)CN1. The number of hydrogen-bond donors (Lipinski definition) is 2. The van der Waals surface area contributed by atoms with Crippen molar-refractivity contribution in [1.29, 1.82) is 0 Å². The van der Waals surface area contributed by atoms with Gasteiger partial charge in [-0.05, 0) is 18.9 Å². The van der Waals surface area contributed by atoms with Gasteiger partial charge in [-0.15, -0.1) is 0 Å². The Hall–Kier alpha value is -0.120. The number of nitrogens with one attached hydrogen (secondary N) is 2. The topological polar surface area (TPSA) is 33.3 Å². The van der Waals surface area contributed by atoms with Crippen molar-refractivity contribution < 1.29 is 4.74 Å². The third kappa shape index (κ3) is 3.63. The van der Waals surface area contributed by atoms with Gasteiger partial charge in [0, 0.05) is 19.6 Å². The van der Waals surface area contributed by atoms with Crippen molar-refractivity contribution in [2.45, 2.75) is 25.4 Å².